The molecule has 1 fully saturated rings. The van der Waals surface area contributed by atoms with Crippen LogP contribution in [0.15, 0.2) is 91.0 Å². The quantitative estimate of drug-likeness (QED) is 0.575. The topological polar surface area (TPSA) is 29.5 Å². The van der Waals surface area contributed by atoms with Crippen molar-refractivity contribution < 1.29 is 9.84 Å². The Morgan fingerprint density at radius 3 is 1.54 bits per heavy atom. The van der Waals surface area contributed by atoms with Crippen LogP contribution in [0.5, 0.6) is 0 Å². The number of hydrogen-bond donors (Lipinski definition) is 1. The van der Waals surface area contributed by atoms with Crippen molar-refractivity contribution in [2.45, 2.75) is 37.4 Å². The molecule has 0 amide bonds. The van der Waals surface area contributed by atoms with Crippen LogP contribution in [0.2, 0.25) is 0 Å². The van der Waals surface area contributed by atoms with Gasteiger partial charge in [0.2, 0.25) is 0 Å². The molecule has 2 nitrogen and oxygen atoms in total. The predicted octanol–water partition coefficient (Wildman–Crippen LogP) is 5.55. The third-order valence-electron chi connectivity index (χ3n) is 5.92. The van der Waals surface area contributed by atoms with Crippen LogP contribution in [-0.2, 0) is 10.3 Å². The number of hydrogen-bond acceptors (Lipinski definition) is 2. The minimum Gasteiger partial charge on any atom is -0.393 e. The van der Waals surface area contributed by atoms with Gasteiger partial charge in [-0.3, -0.25) is 0 Å². The predicted molar refractivity (Wildman–Crippen MR) is 113 cm³/mol. The fraction of sp³-hybridized carbons (Fsp3) is 0.308. The summed E-state index contributed by atoms with van der Waals surface area (Å²) in [6.45, 7) is 0.542. The van der Waals surface area contributed by atoms with E-state index in [-0.39, 0.29) is 12.0 Å². The summed E-state index contributed by atoms with van der Waals surface area (Å²) in [5.41, 5.74) is 2.63. The van der Waals surface area contributed by atoms with Gasteiger partial charge in [0, 0.05) is 5.92 Å². The van der Waals surface area contributed by atoms with E-state index in [0.717, 1.165) is 36.0 Å². The van der Waals surface area contributed by atoms with E-state index in [9.17, 15) is 5.11 Å². The zero-order valence-electron chi connectivity index (χ0n) is 16.2. The molecule has 0 spiro atoms. The van der Waals surface area contributed by atoms with E-state index >= 15 is 0 Å². The summed E-state index contributed by atoms with van der Waals surface area (Å²) in [6, 6.07) is 31.3. The van der Waals surface area contributed by atoms with E-state index in [0.29, 0.717) is 6.61 Å². The first-order valence-corrected chi connectivity index (χ1v) is 10.3. The number of aliphatic hydroxyl groups excluding tert-OH is 1. The van der Waals surface area contributed by atoms with Crippen LogP contribution in [0.1, 0.15) is 42.4 Å². The van der Waals surface area contributed by atoms with Gasteiger partial charge in [-0.15, -0.1) is 0 Å². The van der Waals surface area contributed by atoms with Crippen molar-refractivity contribution in [2.75, 3.05) is 6.61 Å². The highest BCUT2D eigenvalue weighted by molar-refractivity contribution is 5.47. The molecule has 144 valence electrons. The highest BCUT2D eigenvalue weighted by Crippen LogP contribution is 2.41. The van der Waals surface area contributed by atoms with Gasteiger partial charge in [-0.05, 0) is 29.5 Å². The first kappa shape index (κ1) is 18.9. The van der Waals surface area contributed by atoms with Crippen molar-refractivity contribution >= 4 is 0 Å². The van der Waals surface area contributed by atoms with Crippen LogP contribution < -0.4 is 0 Å². The number of aliphatic hydroxyl groups is 1. The first-order chi connectivity index (χ1) is 13.8. The Bertz CT molecular complexity index is 749. The molecular weight excluding hydrogens is 344 g/mol. The maximum atomic E-state index is 10.5. The number of benzene rings is 3. The highest BCUT2D eigenvalue weighted by atomic mass is 16.5. The van der Waals surface area contributed by atoms with Gasteiger partial charge in [0.15, 0.2) is 0 Å². The van der Waals surface area contributed by atoms with Gasteiger partial charge in [0.1, 0.15) is 5.60 Å². The number of rotatable bonds is 6. The molecule has 3 aromatic rings. The molecule has 1 aliphatic carbocycles. The lowest BCUT2D eigenvalue weighted by Gasteiger charge is -2.38. The number of ether oxygens (including phenoxy) is 1. The third kappa shape index (κ3) is 3.76. The van der Waals surface area contributed by atoms with E-state index in [1.807, 2.05) is 18.2 Å². The lowest BCUT2D eigenvalue weighted by molar-refractivity contribution is -0.0493. The normalized spacial score (nSPS) is 20.0. The van der Waals surface area contributed by atoms with Crippen molar-refractivity contribution in [2.24, 2.45) is 5.92 Å². The van der Waals surface area contributed by atoms with Gasteiger partial charge in [0.25, 0.3) is 0 Å². The van der Waals surface area contributed by atoms with Gasteiger partial charge in [-0.25, -0.2) is 0 Å². The van der Waals surface area contributed by atoms with E-state index < -0.39 is 5.60 Å². The van der Waals surface area contributed by atoms with Crippen molar-refractivity contribution in [3.63, 3.8) is 0 Å². The van der Waals surface area contributed by atoms with Crippen LogP contribution in [0.3, 0.4) is 0 Å². The second-order valence-electron chi connectivity index (χ2n) is 7.70. The van der Waals surface area contributed by atoms with Crippen molar-refractivity contribution in [3.05, 3.63) is 108 Å². The lowest BCUT2D eigenvalue weighted by atomic mass is 9.79. The molecular formula is C26H28O2. The molecule has 0 bridgehead atoms. The summed E-state index contributed by atoms with van der Waals surface area (Å²) in [6.07, 6.45) is 3.91. The molecule has 0 aliphatic heterocycles. The van der Waals surface area contributed by atoms with E-state index in [4.69, 9.17) is 4.74 Å². The maximum Gasteiger partial charge on any atom is 0.143 e. The second-order valence-corrected chi connectivity index (χ2v) is 7.70. The Balaban J connectivity index is 1.81. The molecule has 0 radical (unpaired) electrons. The molecule has 2 heteroatoms. The van der Waals surface area contributed by atoms with Crippen LogP contribution in [0.4, 0.5) is 0 Å². The fourth-order valence-corrected chi connectivity index (χ4v) is 4.38. The zero-order chi connectivity index (χ0) is 19.2. The van der Waals surface area contributed by atoms with Gasteiger partial charge < -0.3 is 9.84 Å². The van der Waals surface area contributed by atoms with Crippen LogP contribution in [0, 0.1) is 5.92 Å². The van der Waals surface area contributed by atoms with Crippen molar-refractivity contribution in [3.8, 4) is 0 Å². The Labute approximate surface area is 167 Å². The van der Waals surface area contributed by atoms with Crippen LogP contribution in [0.25, 0.3) is 0 Å². The molecule has 2 atom stereocenters. The SMILES string of the molecule is O[C@@H]1CCCC[C@H]1COC(c1ccccc1)(c1ccccc1)c1ccccc1. The first-order valence-electron chi connectivity index (χ1n) is 10.3. The van der Waals surface area contributed by atoms with E-state index in [1.165, 1.54) is 6.42 Å². The average molecular weight is 373 g/mol. The van der Waals surface area contributed by atoms with Crippen LogP contribution in [-0.4, -0.2) is 17.8 Å². The summed E-state index contributed by atoms with van der Waals surface area (Å²) in [4.78, 5) is 0. The van der Waals surface area contributed by atoms with Gasteiger partial charge in [-0.2, -0.15) is 0 Å². The van der Waals surface area contributed by atoms with Gasteiger partial charge in [0.05, 0.1) is 12.7 Å². The Kier molecular flexibility index (Phi) is 5.90. The molecule has 4 rings (SSSR count). The Morgan fingerprint density at radius 2 is 1.11 bits per heavy atom. The van der Waals surface area contributed by atoms with E-state index in [2.05, 4.69) is 72.8 Å². The standard InChI is InChI=1S/C26H28O2/c27-25-19-11-10-12-21(25)20-28-26(22-13-4-1-5-14-22,23-15-6-2-7-16-23)24-17-8-3-9-18-24/h1-9,13-18,21,25,27H,10-12,19-20H2/t21-,25+/m0/s1. The summed E-state index contributed by atoms with van der Waals surface area (Å²) in [7, 11) is 0. The average Bonchev–Trinajstić information content (AvgIpc) is 2.78. The van der Waals surface area contributed by atoms with Crippen molar-refractivity contribution in [1.29, 1.82) is 0 Å². The van der Waals surface area contributed by atoms with Crippen molar-refractivity contribution in [1.82, 2.24) is 0 Å². The summed E-state index contributed by atoms with van der Waals surface area (Å²) >= 11 is 0. The fourth-order valence-electron chi connectivity index (χ4n) is 4.38. The molecule has 0 unspecified atom stereocenters. The molecule has 1 saturated carbocycles. The molecule has 0 aromatic heterocycles. The Morgan fingerprint density at radius 1 is 0.679 bits per heavy atom. The lowest BCUT2D eigenvalue weighted by Crippen LogP contribution is -2.37. The smallest absolute Gasteiger partial charge is 0.143 e. The minimum absolute atomic E-state index is 0.185. The molecule has 1 aliphatic rings. The maximum absolute atomic E-state index is 10.5. The zero-order valence-corrected chi connectivity index (χ0v) is 16.2. The molecule has 28 heavy (non-hydrogen) atoms. The monoisotopic (exact) mass is 372 g/mol. The van der Waals surface area contributed by atoms with Crippen LogP contribution >= 0.6 is 0 Å². The second kappa shape index (κ2) is 8.72. The van der Waals surface area contributed by atoms with Gasteiger partial charge >= 0.3 is 0 Å². The van der Waals surface area contributed by atoms with E-state index in [1.54, 1.807) is 0 Å². The third-order valence-corrected chi connectivity index (χ3v) is 5.92. The summed E-state index contributed by atoms with van der Waals surface area (Å²) < 4.78 is 6.84. The highest BCUT2D eigenvalue weighted by Gasteiger charge is 2.38. The van der Waals surface area contributed by atoms with Gasteiger partial charge in [-0.1, -0.05) is 104 Å². The Hall–Kier alpha value is -2.42. The summed E-state index contributed by atoms with van der Waals surface area (Å²) in [5.74, 6) is 0.185. The molecule has 1 N–H and O–H groups in total. The molecule has 3 aromatic carbocycles. The molecule has 0 heterocycles. The minimum atomic E-state index is -0.694. The molecule has 0 saturated heterocycles. The largest absolute Gasteiger partial charge is 0.393 e. The summed E-state index contributed by atoms with van der Waals surface area (Å²) in [5, 5.41) is 10.5.